The molecule has 0 fully saturated rings. The van der Waals surface area contributed by atoms with Crippen molar-refractivity contribution in [1.29, 1.82) is 0 Å². The van der Waals surface area contributed by atoms with Gasteiger partial charge in [-0.15, -0.1) is 0 Å². The van der Waals surface area contributed by atoms with E-state index in [4.69, 9.17) is 5.73 Å². The average Bonchev–Trinajstić information content (AvgIpc) is 2.82. The summed E-state index contributed by atoms with van der Waals surface area (Å²) in [5, 5.41) is 2.82. The highest BCUT2D eigenvalue weighted by molar-refractivity contribution is 6.02. The molecule has 20 heavy (non-hydrogen) atoms. The van der Waals surface area contributed by atoms with Gasteiger partial charge in [0.2, 0.25) is 0 Å². The molecule has 3 N–H and O–H groups in total. The van der Waals surface area contributed by atoms with Crippen molar-refractivity contribution in [2.45, 2.75) is 6.92 Å². The minimum absolute atomic E-state index is 0.242. The molecule has 1 aromatic heterocycles. The van der Waals surface area contributed by atoms with Crippen LogP contribution in [0.2, 0.25) is 0 Å². The number of imidazole rings is 1. The Morgan fingerprint density at radius 3 is 2.90 bits per heavy atom. The molecule has 0 spiro atoms. The first-order chi connectivity index (χ1) is 9.58. The normalized spacial score (nSPS) is 9.75. The first kappa shape index (κ1) is 13.8. The Morgan fingerprint density at radius 1 is 1.45 bits per heavy atom. The average molecular weight is 268 g/mol. The summed E-state index contributed by atoms with van der Waals surface area (Å²) in [5.41, 5.74) is 8.28. The van der Waals surface area contributed by atoms with Crippen LogP contribution in [0.25, 0.3) is 0 Å². The van der Waals surface area contributed by atoms with E-state index in [1.165, 1.54) is 0 Å². The molecule has 0 atom stereocenters. The predicted octanol–water partition coefficient (Wildman–Crippen LogP) is 1.29. The van der Waals surface area contributed by atoms with Crippen LogP contribution in [0.5, 0.6) is 0 Å². The lowest BCUT2D eigenvalue weighted by atomic mass is 10.1. The van der Waals surface area contributed by atoms with Crippen molar-refractivity contribution in [1.82, 2.24) is 9.55 Å². The van der Waals surface area contributed by atoms with Gasteiger partial charge < -0.3 is 15.6 Å². The Labute approximate surface area is 117 Å². The van der Waals surface area contributed by atoms with E-state index in [2.05, 4.69) is 22.1 Å². The Hall–Kier alpha value is -2.58. The minimum Gasteiger partial charge on any atom is -0.340 e. The smallest absolute Gasteiger partial charge is 0.275 e. The Bertz CT molecular complexity index is 691. The molecule has 2 aromatic rings. The highest BCUT2D eigenvalue weighted by Gasteiger charge is 2.09. The molecular formula is C15H16N4O. The van der Waals surface area contributed by atoms with Crippen molar-refractivity contribution in [3.63, 3.8) is 0 Å². The largest absolute Gasteiger partial charge is 0.340 e. The number of nitrogens with two attached hydrogens (primary N) is 1. The van der Waals surface area contributed by atoms with Crippen molar-refractivity contribution in [3.8, 4) is 11.8 Å². The fraction of sp³-hybridized carbons (Fsp3) is 0.200. The van der Waals surface area contributed by atoms with Gasteiger partial charge in [-0.3, -0.25) is 4.79 Å². The van der Waals surface area contributed by atoms with Crippen molar-refractivity contribution >= 4 is 11.6 Å². The molecule has 0 aliphatic rings. The van der Waals surface area contributed by atoms with E-state index in [9.17, 15) is 4.79 Å². The zero-order valence-electron chi connectivity index (χ0n) is 11.5. The summed E-state index contributed by atoms with van der Waals surface area (Å²) in [4.78, 5) is 16.0. The molecule has 0 radical (unpaired) electrons. The van der Waals surface area contributed by atoms with Gasteiger partial charge in [-0.1, -0.05) is 11.8 Å². The minimum atomic E-state index is -0.242. The summed E-state index contributed by atoms with van der Waals surface area (Å²) in [7, 11) is 1.82. The van der Waals surface area contributed by atoms with Gasteiger partial charge in [0.1, 0.15) is 5.69 Å². The third-order valence-corrected chi connectivity index (χ3v) is 2.61. The molecule has 0 saturated carbocycles. The van der Waals surface area contributed by atoms with Gasteiger partial charge in [0.15, 0.2) is 0 Å². The Balaban J connectivity index is 2.20. The van der Waals surface area contributed by atoms with Crippen LogP contribution in [0.4, 0.5) is 5.69 Å². The van der Waals surface area contributed by atoms with Gasteiger partial charge in [-0.05, 0) is 30.7 Å². The number of carbonyl (C=O) groups is 1. The number of anilines is 1. The number of aryl methyl sites for hydroxylation is 2. The molecule has 0 unspecified atom stereocenters. The fourth-order valence-corrected chi connectivity index (χ4v) is 1.81. The molecule has 1 heterocycles. The molecule has 0 aliphatic carbocycles. The summed E-state index contributed by atoms with van der Waals surface area (Å²) in [6.07, 6.45) is 3.25. The zero-order valence-corrected chi connectivity index (χ0v) is 11.5. The van der Waals surface area contributed by atoms with Crippen LogP contribution in [0, 0.1) is 18.8 Å². The first-order valence-electron chi connectivity index (χ1n) is 6.18. The van der Waals surface area contributed by atoms with Crippen LogP contribution in [0.3, 0.4) is 0 Å². The van der Waals surface area contributed by atoms with Crippen molar-refractivity contribution in [2.75, 3.05) is 11.9 Å². The van der Waals surface area contributed by atoms with Crippen molar-refractivity contribution in [2.24, 2.45) is 12.8 Å². The molecule has 5 nitrogen and oxygen atoms in total. The monoisotopic (exact) mass is 268 g/mol. The predicted molar refractivity (Wildman–Crippen MR) is 78.3 cm³/mol. The van der Waals surface area contributed by atoms with E-state index in [0.29, 0.717) is 17.9 Å². The number of amides is 1. The van der Waals surface area contributed by atoms with E-state index >= 15 is 0 Å². The second-order valence-electron chi connectivity index (χ2n) is 4.47. The number of carbonyl (C=O) groups excluding carboxylic acids is 1. The lowest BCUT2D eigenvalue weighted by Gasteiger charge is -2.05. The van der Waals surface area contributed by atoms with Crippen LogP contribution < -0.4 is 11.1 Å². The molecule has 2 rings (SSSR count). The molecule has 102 valence electrons. The quantitative estimate of drug-likeness (QED) is 0.806. The van der Waals surface area contributed by atoms with Crippen LogP contribution in [0.15, 0.2) is 30.7 Å². The van der Waals surface area contributed by atoms with Gasteiger partial charge in [-0.2, -0.15) is 0 Å². The van der Waals surface area contributed by atoms with Crippen molar-refractivity contribution < 1.29 is 4.79 Å². The maximum atomic E-state index is 12.0. The standard InChI is InChI=1S/C15H16N4O/c1-11-6-12(4-3-5-16)8-13(7-11)18-15(20)14-9-19(2)10-17-14/h6-10H,5,16H2,1-2H3,(H,18,20). The number of rotatable bonds is 2. The van der Waals surface area contributed by atoms with Gasteiger partial charge in [-0.25, -0.2) is 4.98 Å². The molecule has 5 heteroatoms. The molecule has 0 aliphatic heterocycles. The van der Waals surface area contributed by atoms with Gasteiger partial charge in [0.25, 0.3) is 5.91 Å². The highest BCUT2D eigenvalue weighted by atomic mass is 16.1. The number of benzene rings is 1. The van der Waals surface area contributed by atoms with Crippen LogP contribution in [-0.2, 0) is 7.05 Å². The highest BCUT2D eigenvalue weighted by Crippen LogP contribution is 2.14. The molecule has 1 aromatic carbocycles. The summed E-state index contributed by atoms with van der Waals surface area (Å²) >= 11 is 0. The fourth-order valence-electron chi connectivity index (χ4n) is 1.81. The summed E-state index contributed by atoms with van der Waals surface area (Å²) in [6, 6.07) is 5.64. The Morgan fingerprint density at radius 2 is 2.25 bits per heavy atom. The van der Waals surface area contributed by atoms with Crippen LogP contribution in [0.1, 0.15) is 21.6 Å². The first-order valence-corrected chi connectivity index (χ1v) is 6.18. The third-order valence-electron chi connectivity index (χ3n) is 2.61. The summed E-state index contributed by atoms with van der Waals surface area (Å²) < 4.78 is 1.73. The van der Waals surface area contributed by atoms with Crippen molar-refractivity contribution in [3.05, 3.63) is 47.5 Å². The third kappa shape index (κ3) is 3.46. The maximum Gasteiger partial charge on any atom is 0.275 e. The van der Waals surface area contributed by atoms with Gasteiger partial charge in [0, 0.05) is 24.5 Å². The second kappa shape index (κ2) is 6.04. The maximum absolute atomic E-state index is 12.0. The van der Waals surface area contributed by atoms with Gasteiger partial charge in [0.05, 0.1) is 12.9 Å². The zero-order chi connectivity index (χ0) is 14.5. The molecule has 0 saturated heterocycles. The second-order valence-corrected chi connectivity index (χ2v) is 4.47. The van der Waals surface area contributed by atoms with E-state index in [0.717, 1.165) is 11.1 Å². The summed E-state index contributed by atoms with van der Waals surface area (Å²) in [5.74, 6) is 5.51. The van der Waals surface area contributed by atoms with E-state index in [1.54, 1.807) is 17.1 Å². The lowest BCUT2D eigenvalue weighted by Crippen LogP contribution is -2.12. The number of nitrogens with one attached hydrogen (secondary N) is 1. The van der Waals surface area contributed by atoms with Crippen LogP contribution >= 0.6 is 0 Å². The molecule has 0 bridgehead atoms. The topological polar surface area (TPSA) is 72.9 Å². The molecule has 1 amide bonds. The number of aromatic nitrogens is 2. The van der Waals surface area contributed by atoms with E-state index < -0.39 is 0 Å². The Kier molecular flexibility index (Phi) is 4.18. The number of hydrogen-bond acceptors (Lipinski definition) is 3. The van der Waals surface area contributed by atoms with Crippen LogP contribution in [-0.4, -0.2) is 22.0 Å². The number of hydrogen-bond donors (Lipinski definition) is 2. The SMILES string of the molecule is Cc1cc(C#CCN)cc(NC(=O)c2cn(C)cn2)c1. The number of nitrogens with zero attached hydrogens (tertiary/aromatic N) is 2. The van der Waals surface area contributed by atoms with Gasteiger partial charge >= 0.3 is 0 Å². The van der Waals surface area contributed by atoms with E-state index in [1.807, 2.05) is 32.2 Å². The summed E-state index contributed by atoms with van der Waals surface area (Å²) in [6.45, 7) is 2.26. The lowest BCUT2D eigenvalue weighted by molar-refractivity contribution is 0.102. The van der Waals surface area contributed by atoms with E-state index in [-0.39, 0.29) is 5.91 Å². The molecular weight excluding hydrogens is 252 g/mol.